The van der Waals surface area contributed by atoms with Gasteiger partial charge in [0, 0.05) is 6.54 Å². The maximum atomic E-state index is 11.3. The Morgan fingerprint density at radius 1 is 1.20 bits per heavy atom. The molecule has 0 unspecified atom stereocenters. The molecule has 0 radical (unpaired) electrons. The molecule has 1 aromatic rings. The van der Waals surface area contributed by atoms with Crippen LogP contribution in [0.15, 0.2) is 30.3 Å². The highest BCUT2D eigenvalue weighted by atomic mass is 16.5. The zero-order valence-corrected chi connectivity index (χ0v) is 7.96. The Balaban J connectivity index is 2.09. The molecule has 0 saturated carbocycles. The lowest BCUT2D eigenvalue weighted by Gasteiger charge is -2.13. The van der Waals surface area contributed by atoms with Crippen LogP contribution in [-0.4, -0.2) is 33.7 Å². The van der Waals surface area contributed by atoms with Gasteiger partial charge in [-0.3, -0.25) is 10.0 Å². The number of hydroxylamine groups is 2. The first-order chi connectivity index (χ1) is 7.18. The maximum absolute atomic E-state index is 11.3. The molecule has 0 atom stereocenters. The van der Waals surface area contributed by atoms with E-state index in [0.29, 0.717) is 6.54 Å². The molecule has 1 aliphatic heterocycles. The molecule has 2 rings (SSSR count). The van der Waals surface area contributed by atoms with E-state index in [9.17, 15) is 9.59 Å². The van der Waals surface area contributed by atoms with Crippen LogP contribution in [-0.2, 0) is 11.3 Å². The van der Waals surface area contributed by atoms with Gasteiger partial charge in [0.1, 0.15) is 6.54 Å². The van der Waals surface area contributed by atoms with Crippen molar-refractivity contribution in [2.24, 2.45) is 0 Å². The van der Waals surface area contributed by atoms with Crippen molar-refractivity contribution in [3.63, 3.8) is 0 Å². The summed E-state index contributed by atoms with van der Waals surface area (Å²) < 4.78 is 0. The first kappa shape index (κ1) is 9.67. The Morgan fingerprint density at radius 3 is 2.40 bits per heavy atom. The van der Waals surface area contributed by atoms with E-state index < -0.39 is 11.9 Å². The van der Waals surface area contributed by atoms with E-state index >= 15 is 0 Å². The number of urea groups is 1. The molecule has 1 heterocycles. The highest BCUT2D eigenvalue weighted by molar-refractivity contribution is 6.00. The fraction of sp³-hybridized carbons (Fsp3) is 0.200. The van der Waals surface area contributed by atoms with Gasteiger partial charge in [0.25, 0.3) is 5.91 Å². The van der Waals surface area contributed by atoms with E-state index in [1.54, 1.807) is 0 Å². The molecule has 15 heavy (non-hydrogen) atoms. The molecule has 1 saturated heterocycles. The van der Waals surface area contributed by atoms with E-state index in [-0.39, 0.29) is 11.6 Å². The number of imide groups is 1. The van der Waals surface area contributed by atoms with Crippen LogP contribution in [0.5, 0.6) is 0 Å². The molecule has 0 aromatic heterocycles. The summed E-state index contributed by atoms with van der Waals surface area (Å²) in [5.74, 6) is -0.587. The summed E-state index contributed by atoms with van der Waals surface area (Å²) in [4.78, 5) is 23.6. The Hall–Kier alpha value is -1.88. The van der Waals surface area contributed by atoms with Crippen molar-refractivity contribution in [1.82, 2.24) is 9.96 Å². The second kappa shape index (κ2) is 3.70. The van der Waals surface area contributed by atoms with Crippen molar-refractivity contribution >= 4 is 11.9 Å². The molecule has 1 aromatic carbocycles. The highest BCUT2D eigenvalue weighted by Crippen LogP contribution is 2.12. The Morgan fingerprint density at radius 2 is 1.87 bits per heavy atom. The van der Waals surface area contributed by atoms with Crippen molar-refractivity contribution in [3.8, 4) is 0 Å². The molecule has 1 fully saturated rings. The molecule has 1 aliphatic rings. The van der Waals surface area contributed by atoms with Crippen LogP contribution in [0.3, 0.4) is 0 Å². The molecular weight excluding hydrogens is 196 g/mol. The van der Waals surface area contributed by atoms with Crippen LogP contribution in [0.1, 0.15) is 5.56 Å². The molecule has 0 bridgehead atoms. The molecule has 5 heteroatoms. The normalized spacial score (nSPS) is 16.3. The zero-order chi connectivity index (χ0) is 10.8. The quantitative estimate of drug-likeness (QED) is 0.576. The lowest BCUT2D eigenvalue weighted by atomic mass is 10.2. The van der Waals surface area contributed by atoms with Crippen LogP contribution in [0.4, 0.5) is 4.79 Å². The van der Waals surface area contributed by atoms with E-state index in [0.717, 1.165) is 5.56 Å². The van der Waals surface area contributed by atoms with Gasteiger partial charge in [0.2, 0.25) is 0 Å². The van der Waals surface area contributed by atoms with Gasteiger partial charge in [0.15, 0.2) is 0 Å². The van der Waals surface area contributed by atoms with E-state index in [1.807, 2.05) is 30.3 Å². The smallest absolute Gasteiger partial charge is 0.309 e. The van der Waals surface area contributed by atoms with Gasteiger partial charge < -0.3 is 4.90 Å². The first-order valence-corrected chi connectivity index (χ1v) is 4.53. The van der Waals surface area contributed by atoms with Crippen LogP contribution in [0, 0.1) is 0 Å². The van der Waals surface area contributed by atoms with Gasteiger partial charge >= 0.3 is 6.03 Å². The average Bonchev–Trinajstić information content (AvgIpc) is 2.48. The molecule has 78 valence electrons. The third-order valence-corrected chi connectivity index (χ3v) is 2.23. The van der Waals surface area contributed by atoms with Crippen molar-refractivity contribution in [2.45, 2.75) is 6.54 Å². The fourth-order valence-electron chi connectivity index (χ4n) is 1.47. The van der Waals surface area contributed by atoms with Gasteiger partial charge in [-0.1, -0.05) is 30.3 Å². The Bertz CT molecular complexity index is 391. The minimum atomic E-state index is -0.663. The first-order valence-electron chi connectivity index (χ1n) is 4.53. The van der Waals surface area contributed by atoms with E-state index in [1.165, 1.54) is 4.90 Å². The predicted octanol–water partition coefficient (Wildman–Crippen LogP) is 0.840. The van der Waals surface area contributed by atoms with Gasteiger partial charge in [-0.2, -0.15) is 0 Å². The third-order valence-electron chi connectivity index (χ3n) is 2.23. The number of hydrogen-bond acceptors (Lipinski definition) is 3. The minimum Gasteiger partial charge on any atom is -0.309 e. The summed E-state index contributed by atoms with van der Waals surface area (Å²) in [6, 6.07) is 8.64. The van der Waals surface area contributed by atoms with Crippen molar-refractivity contribution in [3.05, 3.63) is 35.9 Å². The topological polar surface area (TPSA) is 60.9 Å². The number of amides is 3. The molecule has 5 nitrogen and oxygen atoms in total. The number of rotatable bonds is 2. The number of nitrogens with zero attached hydrogens (tertiary/aromatic N) is 2. The largest absolute Gasteiger partial charge is 0.352 e. The second-order valence-electron chi connectivity index (χ2n) is 3.33. The van der Waals surface area contributed by atoms with Crippen LogP contribution in [0.2, 0.25) is 0 Å². The summed E-state index contributed by atoms with van der Waals surface area (Å²) in [7, 11) is 0. The average molecular weight is 206 g/mol. The summed E-state index contributed by atoms with van der Waals surface area (Å²) in [6.07, 6.45) is 0. The van der Waals surface area contributed by atoms with Crippen molar-refractivity contribution in [1.29, 1.82) is 0 Å². The lowest BCUT2D eigenvalue weighted by Crippen LogP contribution is -2.29. The van der Waals surface area contributed by atoms with Gasteiger partial charge in [-0.25, -0.2) is 4.79 Å². The van der Waals surface area contributed by atoms with Crippen molar-refractivity contribution < 1.29 is 14.8 Å². The number of benzene rings is 1. The Labute approximate surface area is 86.5 Å². The van der Waals surface area contributed by atoms with Crippen LogP contribution >= 0.6 is 0 Å². The van der Waals surface area contributed by atoms with Crippen LogP contribution in [0.25, 0.3) is 0 Å². The third kappa shape index (κ3) is 1.82. The summed E-state index contributed by atoms with van der Waals surface area (Å²) >= 11 is 0. The van der Waals surface area contributed by atoms with Crippen LogP contribution < -0.4 is 0 Å². The predicted molar refractivity (Wildman–Crippen MR) is 50.9 cm³/mol. The van der Waals surface area contributed by atoms with E-state index in [2.05, 4.69) is 0 Å². The zero-order valence-electron chi connectivity index (χ0n) is 7.96. The molecular formula is C10H10N2O3. The number of carbonyl (C=O) groups excluding carboxylic acids is 2. The summed E-state index contributed by atoms with van der Waals surface area (Å²) in [6.45, 7) is 0.271. The SMILES string of the molecule is O=C1CN(Cc2ccccc2)C(=O)N1O. The van der Waals surface area contributed by atoms with Crippen molar-refractivity contribution in [2.75, 3.05) is 6.54 Å². The molecule has 1 N–H and O–H groups in total. The monoisotopic (exact) mass is 206 g/mol. The lowest BCUT2D eigenvalue weighted by molar-refractivity contribution is -0.146. The van der Waals surface area contributed by atoms with E-state index in [4.69, 9.17) is 5.21 Å². The minimum absolute atomic E-state index is 0.0653. The summed E-state index contributed by atoms with van der Waals surface area (Å²) in [5.41, 5.74) is 0.925. The second-order valence-corrected chi connectivity index (χ2v) is 3.33. The maximum Gasteiger partial charge on any atom is 0.352 e. The molecule has 3 amide bonds. The van der Waals surface area contributed by atoms with Gasteiger partial charge in [0.05, 0.1) is 0 Å². The fourth-order valence-corrected chi connectivity index (χ4v) is 1.47. The standard InChI is InChI=1S/C10H10N2O3/c13-9-7-11(10(14)12(9)15)6-8-4-2-1-3-5-8/h1-5,15H,6-7H2. The molecule has 0 spiro atoms. The highest BCUT2D eigenvalue weighted by Gasteiger charge is 2.34. The van der Waals surface area contributed by atoms with Gasteiger partial charge in [-0.15, -0.1) is 5.06 Å². The van der Waals surface area contributed by atoms with Gasteiger partial charge in [-0.05, 0) is 5.56 Å². The number of carbonyl (C=O) groups is 2. The Kier molecular flexibility index (Phi) is 2.39. The number of hydrogen-bond donors (Lipinski definition) is 1. The summed E-state index contributed by atoms with van der Waals surface area (Å²) in [5, 5.41) is 9.16. The molecule has 0 aliphatic carbocycles.